The van der Waals surface area contributed by atoms with Crippen molar-refractivity contribution in [3.8, 4) is 0 Å². The van der Waals surface area contributed by atoms with Crippen LogP contribution in [0.15, 0.2) is 11.8 Å². The van der Waals surface area contributed by atoms with Crippen LogP contribution in [0.2, 0.25) is 0 Å². The minimum absolute atomic E-state index is 0.183. The third kappa shape index (κ3) is 4.77. The highest BCUT2D eigenvalue weighted by molar-refractivity contribution is 5.87. The van der Waals surface area contributed by atoms with Gasteiger partial charge in [-0.1, -0.05) is 13.3 Å². The molecule has 1 saturated carbocycles. The van der Waals surface area contributed by atoms with Crippen molar-refractivity contribution in [2.75, 3.05) is 6.61 Å². The van der Waals surface area contributed by atoms with E-state index in [-0.39, 0.29) is 12.1 Å². The van der Waals surface area contributed by atoms with Crippen molar-refractivity contribution in [2.24, 2.45) is 0 Å². The van der Waals surface area contributed by atoms with Gasteiger partial charge in [0.1, 0.15) is 6.10 Å². The number of carbonyl (C=O) groups is 1. The molecule has 1 rings (SSSR count). The summed E-state index contributed by atoms with van der Waals surface area (Å²) in [5, 5.41) is 9.69. The van der Waals surface area contributed by atoms with Crippen LogP contribution in [0.3, 0.4) is 0 Å². The number of hydrogen-bond acceptors (Lipinski definition) is 4. The first-order valence-electron chi connectivity index (χ1n) is 6.32. The fraction of sp³-hybridized carbons (Fsp3) is 0.769. The molecule has 0 amide bonds. The predicted molar refractivity (Wildman–Crippen MR) is 64.4 cm³/mol. The van der Waals surface area contributed by atoms with Gasteiger partial charge in [0.25, 0.3) is 0 Å². The van der Waals surface area contributed by atoms with Crippen LogP contribution >= 0.6 is 0 Å². The summed E-state index contributed by atoms with van der Waals surface area (Å²) in [6.45, 7) is 4.03. The zero-order valence-corrected chi connectivity index (χ0v) is 10.6. The van der Waals surface area contributed by atoms with E-state index in [4.69, 9.17) is 9.47 Å². The summed E-state index contributed by atoms with van der Waals surface area (Å²) in [7, 11) is 0. The Hall–Kier alpha value is -1.03. The molecule has 1 N–H and O–H groups in total. The van der Waals surface area contributed by atoms with E-state index in [0.29, 0.717) is 12.2 Å². The van der Waals surface area contributed by atoms with E-state index >= 15 is 0 Å². The Balaban J connectivity index is 2.37. The largest absolute Gasteiger partial charge is 0.495 e. The fourth-order valence-corrected chi connectivity index (χ4v) is 1.78. The number of rotatable bonds is 5. The zero-order chi connectivity index (χ0) is 12.7. The van der Waals surface area contributed by atoms with Crippen molar-refractivity contribution in [2.45, 2.75) is 58.2 Å². The summed E-state index contributed by atoms with van der Waals surface area (Å²) in [4.78, 5) is 11.4. The van der Waals surface area contributed by atoms with Crippen molar-refractivity contribution in [3.63, 3.8) is 0 Å². The van der Waals surface area contributed by atoms with Crippen LogP contribution in [-0.4, -0.2) is 29.9 Å². The van der Waals surface area contributed by atoms with Crippen molar-refractivity contribution >= 4 is 5.97 Å². The van der Waals surface area contributed by atoms with Gasteiger partial charge in [0.05, 0.1) is 24.5 Å². The minimum Gasteiger partial charge on any atom is -0.495 e. The number of aliphatic hydroxyl groups excluding tert-OH is 1. The molecule has 1 aliphatic rings. The normalized spacial score (nSPS) is 25.5. The first-order valence-corrected chi connectivity index (χ1v) is 6.32. The lowest BCUT2D eigenvalue weighted by Crippen LogP contribution is -2.31. The maximum absolute atomic E-state index is 11.4. The number of hydrogen-bond donors (Lipinski definition) is 1. The van der Waals surface area contributed by atoms with Gasteiger partial charge in [-0.3, -0.25) is 0 Å². The van der Waals surface area contributed by atoms with Crippen LogP contribution in [0.25, 0.3) is 0 Å². The molecule has 0 spiro atoms. The van der Waals surface area contributed by atoms with E-state index in [1.807, 2.05) is 6.92 Å². The molecule has 0 aromatic carbocycles. The molecule has 4 heteroatoms. The minimum atomic E-state index is -0.417. The van der Waals surface area contributed by atoms with Crippen LogP contribution in [0, 0.1) is 0 Å². The number of ether oxygens (including phenoxy) is 2. The summed E-state index contributed by atoms with van der Waals surface area (Å²) < 4.78 is 10.4. The van der Waals surface area contributed by atoms with Crippen molar-refractivity contribution < 1.29 is 19.4 Å². The Morgan fingerprint density at radius 2 is 2.12 bits per heavy atom. The Morgan fingerprint density at radius 1 is 1.41 bits per heavy atom. The van der Waals surface area contributed by atoms with Gasteiger partial charge >= 0.3 is 5.97 Å². The highest BCUT2D eigenvalue weighted by Crippen LogP contribution is 2.21. The maximum atomic E-state index is 11.4. The Bertz CT molecular complexity index is 273. The fourth-order valence-electron chi connectivity index (χ4n) is 1.78. The van der Waals surface area contributed by atoms with Crippen LogP contribution in [0.4, 0.5) is 0 Å². The monoisotopic (exact) mass is 242 g/mol. The Kier molecular flexibility index (Phi) is 6.05. The molecule has 17 heavy (non-hydrogen) atoms. The smallest absolute Gasteiger partial charge is 0.336 e. The molecule has 0 bridgehead atoms. The summed E-state index contributed by atoms with van der Waals surface area (Å²) in [6.07, 6.45) is 5.35. The summed E-state index contributed by atoms with van der Waals surface area (Å²) in [6, 6.07) is 0. The highest BCUT2D eigenvalue weighted by atomic mass is 16.5. The summed E-state index contributed by atoms with van der Waals surface area (Å²) >= 11 is 0. The van der Waals surface area contributed by atoms with Gasteiger partial charge in [0.2, 0.25) is 0 Å². The molecular formula is C13H22O4. The lowest BCUT2D eigenvalue weighted by molar-refractivity contribution is -0.139. The van der Waals surface area contributed by atoms with Crippen LogP contribution in [-0.2, 0) is 14.3 Å². The first-order chi connectivity index (χ1) is 8.15. The van der Waals surface area contributed by atoms with E-state index in [1.54, 1.807) is 6.92 Å². The Morgan fingerprint density at radius 3 is 2.76 bits per heavy atom. The van der Waals surface area contributed by atoms with Crippen LogP contribution in [0.1, 0.15) is 46.0 Å². The maximum Gasteiger partial charge on any atom is 0.336 e. The average Bonchev–Trinajstić information content (AvgIpc) is 2.34. The van der Waals surface area contributed by atoms with Crippen molar-refractivity contribution in [1.29, 1.82) is 0 Å². The van der Waals surface area contributed by atoms with Gasteiger partial charge in [-0.2, -0.15) is 0 Å². The topological polar surface area (TPSA) is 55.8 Å². The second-order valence-electron chi connectivity index (χ2n) is 4.46. The first kappa shape index (κ1) is 14.0. The van der Waals surface area contributed by atoms with E-state index in [0.717, 1.165) is 32.1 Å². The van der Waals surface area contributed by atoms with Gasteiger partial charge in [-0.25, -0.2) is 4.79 Å². The lowest BCUT2D eigenvalue weighted by Gasteiger charge is -2.26. The van der Waals surface area contributed by atoms with Gasteiger partial charge < -0.3 is 14.6 Å². The second kappa shape index (κ2) is 7.33. The Labute approximate surface area is 103 Å². The van der Waals surface area contributed by atoms with E-state index in [2.05, 4.69) is 0 Å². The van der Waals surface area contributed by atoms with Crippen molar-refractivity contribution in [3.05, 3.63) is 11.8 Å². The van der Waals surface area contributed by atoms with Gasteiger partial charge in [0.15, 0.2) is 0 Å². The molecule has 98 valence electrons. The third-order valence-electron chi connectivity index (χ3n) is 2.85. The molecule has 0 aromatic rings. The molecule has 2 atom stereocenters. The molecule has 0 aromatic heterocycles. The molecule has 0 saturated heterocycles. The van der Waals surface area contributed by atoms with E-state index < -0.39 is 6.10 Å². The molecule has 1 aliphatic carbocycles. The molecule has 0 heterocycles. The molecule has 0 aliphatic heterocycles. The number of carbonyl (C=O) groups excluding carboxylic acids is 1. The lowest BCUT2D eigenvalue weighted by atomic mass is 9.95. The van der Waals surface area contributed by atoms with Gasteiger partial charge in [0, 0.05) is 0 Å². The van der Waals surface area contributed by atoms with Gasteiger partial charge in [-0.15, -0.1) is 0 Å². The third-order valence-corrected chi connectivity index (χ3v) is 2.85. The average molecular weight is 242 g/mol. The van der Waals surface area contributed by atoms with Crippen molar-refractivity contribution in [1.82, 2.24) is 0 Å². The molecule has 4 nitrogen and oxygen atoms in total. The molecule has 2 unspecified atom stereocenters. The number of aliphatic hydroxyl groups is 1. The van der Waals surface area contributed by atoms with E-state index in [9.17, 15) is 9.90 Å². The SMILES string of the molecule is CCCOC(=O)C(C)=COC1CCCCC1O. The standard InChI is InChI=1S/C13H22O4/c1-3-8-16-13(15)10(2)9-17-12-7-5-4-6-11(12)14/h9,11-12,14H,3-8H2,1-2H3. The summed E-state index contributed by atoms with van der Waals surface area (Å²) in [5.74, 6) is -0.350. The molecule has 0 radical (unpaired) electrons. The quantitative estimate of drug-likeness (QED) is 0.456. The van der Waals surface area contributed by atoms with Crippen LogP contribution < -0.4 is 0 Å². The summed E-state index contributed by atoms with van der Waals surface area (Å²) in [5.41, 5.74) is 0.441. The molecule has 1 fully saturated rings. The molecular weight excluding hydrogens is 220 g/mol. The predicted octanol–water partition coefficient (Wildman–Crippen LogP) is 2.16. The zero-order valence-electron chi connectivity index (χ0n) is 10.6. The number of esters is 1. The second-order valence-corrected chi connectivity index (χ2v) is 4.46. The highest BCUT2D eigenvalue weighted by Gasteiger charge is 2.23. The van der Waals surface area contributed by atoms with E-state index in [1.165, 1.54) is 6.26 Å². The van der Waals surface area contributed by atoms with Gasteiger partial charge in [-0.05, 0) is 32.6 Å². The van der Waals surface area contributed by atoms with Crippen LogP contribution in [0.5, 0.6) is 0 Å².